The van der Waals surface area contributed by atoms with E-state index in [1.165, 1.54) is 0 Å². The fourth-order valence-electron chi connectivity index (χ4n) is 2.66. The van der Waals surface area contributed by atoms with Crippen LogP contribution in [0.1, 0.15) is 39.5 Å². The van der Waals surface area contributed by atoms with Crippen LogP contribution in [0.5, 0.6) is 0 Å². The predicted octanol–water partition coefficient (Wildman–Crippen LogP) is 0.489. The minimum absolute atomic E-state index is 0.0291. The van der Waals surface area contributed by atoms with E-state index in [0.29, 0.717) is 24.5 Å². The Morgan fingerprint density at radius 1 is 1.35 bits per heavy atom. The van der Waals surface area contributed by atoms with Crippen LogP contribution in [0.3, 0.4) is 0 Å². The predicted molar refractivity (Wildman–Crippen MR) is 77.3 cm³/mol. The summed E-state index contributed by atoms with van der Waals surface area (Å²) >= 11 is 0. The first-order valence-electron chi connectivity index (χ1n) is 7.45. The molecule has 2 rings (SSSR count). The van der Waals surface area contributed by atoms with Crippen LogP contribution in [0.2, 0.25) is 0 Å². The van der Waals surface area contributed by atoms with Crippen molar-refractivity contribution in [3.63, 3.8) is 0 Å². The van der Waals surface area contributed by atoms with Gasteiger partial charge in [-0.25, -0.2) is 5.43 Å². The summed E-state index contributed by atoms with van der Waals surface area (Å²) in [5, 5.41) is 7.26. The Kier molecular flexibility index (Phi) is 5.11. The smallest absolute Gasteiger partial charge is 0.270 e. The largest absolute Gasteiger partial charge is 0.335 e. The number of hydrogen-bond acceptors (Lipinski definition) is 4. The van der Waals surface area contributed by atoms with Gasteiger partial charge >= 0.3 is 0 Å². The monoisotopic (exact) mass is 280 g/mol. The average molecular weight is 280 g/mol. The molecule has 1 saturated heterocycles. The van der Waals surface area contributed by atoms with E-state index in [2.05, 4.69) is 15.8 Å². The molecule has 0 aliphatic carbocycles. The Morgan fingerprint density at radius 3 is 2.60 bits per heavy atom. The van der Waals surface area contributed by atoms with Gasteiger partial charge in [0, 0.05) is 25.4 Å². The number of amides is 2. The number of nitrogens with one attached hydrogen (secondary N) is 2. The number of carbonyl (C=O) groups is 2. The van der Waals surface area contributed by atoms with E-state index in [0.717, 1.165) is 32.5 Å². The Hall–Kier alpha value is -1.43. The van der Waals surface area contributed by atoms with Crippen LogP contribution in [0.15, 0.2) is 5.10 Å². The molecule has 0 aromatic carbocycles. The maximum Gasteiger partial charge on any atom is 0.270 e. The topological polar surface area (TPSA) is 73.8 Å². The Morgan fingerprint density at radius 2 is 2.05 bits per heavy atom. The number of carbonyl (C=O) groups excluding carboxylic acids is 2. The molecule has 112 valence electrons. The van der Waals surface area contributed by atoms with E-state index in [1.807, 2.05) is 18.7 Å². The molecule has 2 aliphatic heterocycles. The molecule has 0 bridgehead atoms. The van der Waals surface area contributed by atoms with Crippen molar-refractivity contribution >= 4 is 17.5 Å². The highest BCUT2D eigenvalue weighted by molar-refractivity contribution is 6.39. The van der Waals surface area contributed by atoms with E-state index in [4.69, 9.17) is 0 Å². The molecule has 2 amide bonds. The molecule has 0 unspecified atom stereocenters. The highest BCUT2D eigenvalue weighted by Gasteiger charge is 2.27. The third-order valence-corrected chi connectivity index (χ3v) is 3.95. The third kappa shape index (κ3) is 3.79. The van der Waals surface area contributed by atoms with Crippen LogP contribution < -0.4 is 10.7 Å². The van der Waals surface area contributed by atoms with Crippen molar-refractivity contribution in [1.82, 2.24) is 15.6 Å². The molecule has 0 spiro atoms. The quantitative estimate of drug-likeness (QED) is 0.787. The Balaban J connectivity index is 2.00. The van der Waals surface area contributed by atoms with Gasteiger partial charge in [0.15, 0.2) is 0 Å². The normalized spacial score (nSPS) is 20.6. The first-order chi connectivity index (χ1) is 9.58. The lowest BCUT2D eigenvalue weighted by atomic mass is 9.96. The molecule has 0 saturated carbocycles. The van der Waals surface area contributed by atoms with Gasteiger partial charge in [-0.05, 0) is 45.7 Å². The second-order valence-corrected chi connectivity index (χ2v) is 5.84. The van der Waals surface area contributed by atoms with E-state index in [-0.39, 0.29) is 17.9 Å². The number of rotatable bonds is 4. The molecule has 6 heteroatoms. The molecular formula is C14H24N4O2. The summed E-state index contributed by atoms with van der Waals surface area (Å²) in [5.41, 5.74) is 2.88. The van der Waals surface area contributed by atoms with Crippen LogP contribution in [0.4, 0.5) is 0 Å². The number of nitrogens with zero attached hydrogens (tertiary/aromatic N) is 2. The highest BCUT2D eigenvalue weighted by Crippen LogP contribution is 2.16. The van der Waals surface area contributed by atoms with E-state index in [9.17, 15) is 9.59 Å². The Bertz CT molecular complexity index is 400. The number of piperidine rings is 1. The summed E-state index contributed by atoms with van der Waals surface area (Å²) in [5.74, 6) is 0.413. The van der Waals surface area contributed by atoms with Crippen molar-refractivity contribution in [3.05, 3.63) is 0 Å². The molecule has 2 aliphatic rings. The van der Waals surface area contributed by atoms with E-state index in [1.54, 1.807) is 0 Å². The van der Waals surface area contributed by atoms with Gasteiger partial charge in [-0.2, -0.15) is 5.10 Å². The summed E-state index contributed by atoms with van der Waals surface area (Å²) in [4.78, 5) is 25.5. The summed E-state index contributed by atoms with van der Waals surface area (Å²) in [6.07, 6.45) is 3.02. The highest BCUT2D eigenvalue weighted by atomic mass is 16.2. The van der Waals surface area contributed by atoms with Gasteiger partial charge in [0.1, 0.15) is 5.71 Å². The third-order valence-electron chi connectivity index (χ3n) is 3.95. The van der Waals surface area contributed by atoms with Crippen LogP contribution in [-0.4, -0.2) is 48.1 Å². The van der Waals surface area contributed by atoms with E-state index >= 15 is 0 Å². The fraction of sp³-hybridized carbons (Fsp3) is 0.786. The van der Waals surface area contributed by atoms with E-state index < -0.39 is 0 Å². The molecule has 0 radical (unpaired) electrons. The lowest BCUT2D eigenvalue weighted by Gasteiger charge is -2.33. The zero-order valence-corrected chi connectivity index (χ0v) is 12.3. The molecule has 2 N–H and O–H groups in total. The van der Waals surface area contributed by atoms with Gasteiger partial charge in [0.2, 0.25) is 5.91 Å². The summed E-state index contributed by atoms with van der Waals surface area (Å²) in [7, 11) is 0. The van der Waals surface area contributed by atoms with Crippen LogP contribution >= 0.6 is 0 Å². The molecule has 1 fully saturated rings. The van der Waals surface area contributed by atoms with Gasteiger partial charge < -0.3 is 10.2 Å². The van der Waals surface area contributed by atoms with Crippen LogP contribution in [0, 0.1) is 5.92 Å². The van der Waals surface area contributed by atoms with Crippen molar-refractivity contribution in [1.29, 1.82) is 0 Å². The van der Waals surface area contributed by atoms with Crippen LogP contribution in [-0.2, 0) is 9.59 Å². The lowest BCUT2D eigenvalue weighted by molar-refractivity contribution is -0.126. The van der Waals surface area contributed by atoms with Gasteiger partial charge in [-0.3, -0.25) is 9.59 Å². The second kappa shape index (κ2) is 6.83. The first-order valence-corrected chi connectivity index (χ1v) is 7.45. The SMILES string of the molecule is CC(C)N(CC1CCNCC1)C(=O)C1=NNC(=O)CC1. The molecule has 6 nitrogen and oxygen atoms in total. The molecule has 0 atom stereocenters. The van der Waals surface area contributed by atoms with Crippen molar-refractivity contribution in [2.45, 2.75) is 45.6 Å². The van der Waals surface area contributed by atoms with Crippen molar-refractivity contribution in [2.75, 3.05) is 19.6 Å². The Labute approximate surface area is 120 Å². The van der Waals surface area contributed by atoms with Gasteiger partial charge in [-0.15, -0.1) is 0 Å². The molecular weight excluding hydrogens is 256 g/mol. The number of hydrogen-bond donors (Lipinski definition) is 2. The second-order valence-electron chi connectivity index (χ2n) is 5.84. The number of hydrazone groups is 1. The maximum absolute atomic E-state index is 12.5. The summed E-state index contributed by atoms with van der Waals surface area (Å²) in [6, 6.07) is 0.151. The van der Waals surface area contributed by atoms with Gasteiger partial charge in [-0.1, -0.05) is 0 Å². The molecule has 2 heterocycles. The molecule has 0 aromatic heterocycles. The van der Waals surface area contributed by atoms with Crippen molar-refractivity contribution < 1.29 is 9.59 Å². The fourth-order valence-corrected chi connectivity index (χ4v) is 2.66. The summed E-state index contributed by atoms with van der Waals surface area (Å²) < 4.78 is 0. The first kappa shape index (κ1) is 15.0. The zero-order chi connectivity index (χ0) is 14.5. The summed E-state index contributed by atoms with van der Waals surface area (Å²) in [6.45, 7) is 6.90. The lowest BCUT2D eigenvalue weighted by Crippen LogP contribution is -2.47. The minimum Gasteiger partial charge on any atom is -0.335 e. The minimum atomic E-state index is -0.115. The average Bonchev–Trinajstić information content (AvgIpc) is 2.45. The zero-order valence-electron chi connectivity index (χ0n) is 12.3. The molecule has 20 heavy (non-hydrogen) atoms. The standard InChI is InChI=1S/C14H24N4O2/c1-10(2)18(9-11-5-7-15-8-6-11)14(20)12-3-4-13(19)17-16-12/h10-11,15H,3-9H2,1-2H3,(H,17,19). The maximum atomic E-state index is 12.5. The van der Waals surface area contributed by atoms with Crippen molar-refractivity contribution in [3.8, 4) is 0 Å². The van der Waals surface area contributed by atoms with Gasteiger partial charge in [0.05, 0.1) is 0 Å². The molecule has 0 aromatic rings. The van der Waals surface area contributed by atoms with Gasteiger partial charge in [0.25, 0.3) is 5.91 Å². The van der Waals surface area contributed by atoms with Crippen molar-refractivity contribution in [2.24, 2.45) is 11.0 Å². The van der Waals surface area contributed by atoms with Crippen LogP contribution in [0.25, 0.3) is 0 Å².